The van der Waals surface area contributed by atoms with Crippen LogP contribution in [0.15, 0.2) is 23.4 Å². The maximum Gasteiger partial charge on any atom is 0.228 e. The van der Waals surface area contributed by atoms with Crippen LogP contribution in [0.5, 0.6) is 17.4 Å². The Hall–Kier alpha value is -2.72. The van der Waals surface area contributed by atoms with Gasteiger partial charge in [-0.05, 0) is 19.1 Å². The second-order valence-corrected chi connectivity index (χ2v) is 8.63. The summed E-state index contributed by atoms with van der Waals surface area (Å²) in [5, 5.41) is -0.0822. The molecule has 0 saturated heterocycles. The van der Waals surface area contributed by atoms with Gasteiger partial charge in [0.15, 0.2) is 11.0 Å². The van der Waals surface area contributed by atoms with E-state index in [0.717, 1.165) is 5.56 Å². The van der Waals surface area contributed by atoms with Gasteiger partial charge in [0.05, 0.1) is 31.1 Å². The van der Waals surface area contributed by atoms with Crippen LogP contribution in [0.2, 0.25) is 5.15 Å². The Morgan fingerprint density at radius 3 is 2.74 bits per heavy atom. The monoisotopic (exact) mass is 466 g/mol. The summed E-state index contributed by atoms with van der Waals surface area (Å²) in [5.74, 6) is 0.988. The van der Waals surface area contributed by atoms with Gasteiger partial charge in [-0.25, -0.2) is 14.4 Å². The lowest BCUT2D eigenvalue weighted by Crippen LogP contribution is -2.36. The van der Waals surface area contributed by atoms with Crippen LogP contribution in [0.3, 0.4) is 0 Å². The van der Waals surface area contributed by atoms with Crippen molar-refractivity contribution in [2.24, 2.45) is 0 Å². The fraction of sp³-hybridized carbons (Fsp3) is 0.350. The summed E-state index contributed by atoms with van der Waals surface area (Å²) in [7, 11) is 1.61. The summed E-state index contributed by atoms with van der Waals surface area (Å²) < 4.78 is 43.7. The smallest absolute Gasteiger partial charge is 0.228 e. The van der Waals surface area contributed by atoms with Crippen LogP contribution < -0.4 is 19.1 Å². The van der Waals surface area contributed by atoms with Gasteiger partial charge in [0.25, 0.3) is 0 Å². The number of methoxy groups -OCH3 is 2. The second kappa shape index (κ2) is 8.43. The Kier molecular flexibility index (Phi) is 5.85. The third-order valence-electron chi connectivity index (χ3n) is 5.03. The molecule has 8 nitrogen and oxygen atoms in total. The number of ether oxygens (including phenoxy) is 3. The SMILES string of the molecule is COc1ccc(CN2c3nc(S(C)=O)nc4c(F)c(Cl)nc(c34)OC[C@@H]2C)c(OC)c1. The van der Waals surface area contributed by atoms with Gasteiger partial charge >= 0.3 is 0 Å². The van der Waals surface area contributed by atoms with Gasteiger partial charge in [-0.15, -0.1) is 0 Å². The number of benzene rings is 1. The van der Waals surface area contributed by atoms with Crippen LogP contribution in [-0.2, 0) is 17.3 Å². The highest BCUT2D eigenvalue weighted by Gasteiger charge is 2.31. The molecule has 11 heteroatoms. The molecule has 0 bridgehead atoms. The lowest BCUT2D eigenvalue weighted by Gasteiger charge is -2.29. The Bertz CT molecular complexity index is 1200. The minimum absolute atomic E-state index is 0.00425. The maximum atomic E-state index is 14.9. The van der Waals surface area contributed by atoms with E-state index < -0.39 is 16.6 Å². The van der Waals surface area contributed by atoms with Crippen LogP contribution in [0.1, 0.15) is 12.5 Å². The molecule has 2 atom stereocenters. The van der Waals surface area contributed by atoms with Crippen molar-refractivity contribution in [1.29, 1.82) is 0 Å². The van der Waals surface area contributed by atoms with Crippen molar-refractivity contribution < 1.29 is 22.8 Å². The zero-order valence-electron chi connectivity index (χ0n) is 17.3. The van der Waals surface area contributed by atoms with Gasteiger partial charge in [0.2, 0.25) is 11.0 Å². The van der Waals surface area contributed by atoms with Crippen molar-refractivity contribution in [1.82, 2.24) is 15.0 Å². The van der Waals surface area contributed by atoms with Crippen molar-refractivity contribution in [2.75, 3.05) is 32.0 Å². The summed E-state index contributed by atoms with van der Waals surface area (Å²) in [6.45, 7) is 2.56. The second-order valence-electron chi connectivity index (χ2n) is 6.99. The minimum atomic E-state index is -1.54. The number of hydrogen-bond acceptors (Lipinski definition) is 8. The number of pyridine rings is 1. The first-order valence-corrected chi connectivity index (χ1v) is 11.3. The normalized spacial score (nSPS) is 16.6. The quantitative estimate of drug-likeness (QED) is 0.418. The molecule has 0 N–H and O–H groups in total. The Morgan fingerprint density at radius 1 is 1.29 bits per heavy atom. The number of hydrogen-bond donors (Lipinski definition) is 0. The number of aromatic nitrogens is 3. The molecule has 0 spiro atoms. The third kappa shape index (κ3) is 3.85. The van der Waals surface area contributed by atoms with Gasteiger partial charge in [-0.3, -0.25) is 4.21 Å². The van der Waals surface area contributed by atoms with Gasteiger partial charge in [-0.1, -0.05) is 11.6 Å². The number of anilines is 1. The van der Waals surface area contributed by atoms with E-state index in [1.54, 1.807) is 20.3 Å². The van der Waals surface area contributed by atoms with E-state index in [9.17, 15) is 8.60 Å². The van der Waals surface area contributed by atoms with E-state index in [2.05, 4.69) is 15.0 Å². The lowest BCUT2D eigenvalue weighted by atomic mass is 10.1. The lowest BCUT2D eigenvalue weighted by molar-refractivity contribution is 0.285. The summed E-state index contributed by atoms with van der Waals surface area (Å²) in [4.78, 5) is 14.6. The summed E-state index contributed by atoms with van der Waals surface area (Å²) in [5.41, 5.74) is 0.776. The van der Waals surface area contributed by atoms with E-state index >= 15 is 0 Å². The molecule has 1 unspecified atom stereocenters. The molecule has 0 saturated carbocycles. The first-order valence-electron chi connectivity index (χ1n) is 9.34. The van der Waals surface area contributed by atoms with E-state index in [-0.39, 0.29) is 39.7 Å². The average molecular weight is 467 g/mol. The van der Waals surface area contributed by atoms with E-state index in [4.69, 9.17) is 25.8 Å². The van der Waals surface area contributed by atoms with Crippen molar-refractivity contribution in [3.63, 3.8) is 0 Å². The summed E-state index contributed by atoms with van der Waals surface area (Å²) >= 11 is 5.96. The standard InChI is InChI=1S/C20H20ClFN4O4S/c1-10-9-30-19-14-16(15(22)17(21)24-19)23-20(31(4)27)25-18(14)26(10)8-11-5-6-12(28-2)7-13(11)29-3/h5-7,10H,8-9H2,1-4H3/t10-,31?/m0/s1. The van der Waals surface area contributed by atoms with E-state index in [1.165, 1.54) is 6.26 Å². The predicted molar refractivity (Wildman–Crippen MR) is 115 cm³/mol. The van der Waals surface area contributed by atoms with Crippen molar-refractivity contribution >= 4 is 39.1 Å². The molecule has 2 aromatic heterocycles. The highest BCUT2D eigenvalue weighted by Crippen LogP contribution is 2.39. The molecular formula is C20H20ClFN4O4S. The summed E-state index contributed by atoms with van der Waals surface area (Å²) in [6.07, 6.45) is 1.43. The van der Waals surface area contributed by atoms with Gasteiger partial charge in [0, 0.05) is 24.4 Å². The molecule has 0 fully saturated rings. The van der Waals surface area contributed by atoms with Gasteiger partial charge < -0.3 is 19.1 Å². The van der Waals surface area contributed by atoms with Crippen molar-refractivity contribution in [2.45, 2.75) is 24.7 Å². The molecule has 31 heavy (non-hydrogen) atoms. The largest absolute Gasteiger partial charge is 0.497 e. The molecule has 0 aliphatic carbocycles. The summed E-state index contributed by atoms with van der Waals surface area (Å²) in [6, 6.07) is 5.31. The predicted octanol–water partition coefficient (Wildman–Crippen LogP) is 3.36. The van der Waals surface area contributed by atoms with E-state index in [1.807, 2.05) is 24.0 Å². The Morgan fingerprint density at radius 2 is 2.06 bits per heavy atom. The zero-order chi connectivity index (χ0) is 22.3. The number of rotatable bonds is 5. The van der Waals surface area contributed by atoms with Crippen LogP contribution in [0.4, 0.5) is 10.2 Å². The van der Waals surface area contributed by atoms with Gasteiger partial charge in [0.1, 0.15) is 34.8 Å². The average Bonchev–Trinajstić information content (AvgIpc) is 2.89. The molecular weight excluding hydrogens is 447 g/mol. The van der Waals surface area contributed by atoms with E-state index in [0.29, 0.717) is 23.9 Å². The van der Waals surface area contributed by atoms with Crippen LogP contribution in [0.25, 0.3) is 10.9 Å². The molecule has 1 aliphatic rings. The third-order valence-corrected chi connectivity index (χ3v) is 5.98. The Labute approximate surface area is 185 Å². The van der Waals surface area contributed by atoms with Crippen molar-refractivity contribution in [3.05, 3.63) is 34.7 Å². The first-order chi connectivity index (χ1) is 14.8. The minimum Gasteiger partial charge on any atom is -0.497 e. The molecule has 1 aliphatic heterocycles. The topological polar surface area (TPSA) is 86.7 Å². The maximum absolute atomic E-state index is 14.9. The van der Waals surface area contributed by atoms with Crippen LogP contribution in [-0.4, -0.2) is 52.3 Å². The number of nitrogens with zero attached hydrogens (tertiary/aromatic N) is 4. The Balaban J connectivity index is 1.93. The van der Waals surface area contributed by atoms with Crippen molar-refractivity contribution in [3.8, 4) is 17.4 Å². The highest BCUT2D eigenvalue weighted by atomic mass is 35.5. The van der Waals surface area contributed by atoms with Crippen LogP contribution >= 0.6 is 11.6 Å². The molecule has 4 rings (SSSR count). The zero-order valence-corrected chi connectivity index (χ0v) is 18.9. The molecule has 0 radical (unpaired) electrons. The fourth-order valence-electron chi connectivity index (χ4n) is 3.41. The molecule has 0 amide bonds. The fourth-order valence-corrected chi connectivity index (χ4v) is 4.01. The number of halogens is 2. The highest BCUT2D eigenvalue weighted by molar-refractivity contribution is 7.84. The molecule has 164 valence electrons. The first kappa shape index (κ1) is 21.5. The molecule has 3 heterocycles. The van der Waals surface area contributed by atoms with Crippen LogP contribution in [0, 0.1) is 5.82 Å². The molecule has 1 aromatic carbocycles. The van der Waals surface area contributed by atoms with Gasteiger partial charge in [-0.2, -0.15) is 4.98 Å². The molecule has 3 aromatic rings.